The summed E-state index contributed by atoms with van der Waals surface area (Å²) < 4.78 is 18.6. The maximum Gasteiger partial charge on any atom is 0.340 e. The summed E-state index contributed by atoms with van der Waals surface area (Å²) in [6, 6.07) is 4.64. The molecule has 0 fully saturated rings. The van der Waals surface area contributed by atoms with Crippen LogP contribution in [0.5, 0.6) is 0 Å². The fraction of sp³-hybridized carbons (Fsp3) is 0.350. The molecule has 0 bridgehead atoms. The average molecular weight is 357 g/mol. The van der Waals surface area contributed by atoms with E-state index in [-0.39, 0.29) is 5.97 Å². The fourth-order valence-electron chi connectivity index (χ4n) is 2.91. The third-order valence-corrected chi connectivity index (χ3v) is 3.94. The van der Waals surface area contributed by atoms with Crippen LogP contribution in [0.2, 0.25) is 0 Å². The van der Waals surface area contributed by atoms with Crippen molar-refractivity contribution < 1.29 is 13.9 Å². The summed E-state index contributed by atoms with van der Waals surface area (Å²) in [4.78, 5) is 23.4. The molecule has 0 saturated carbocycles. The number of pyridine rings is 2. The van der Waals surface area contributed by atoms with Crippen LogP contribution in [0.4, 0.5) is 4.39 Å². The van der Waals surface area contributed by atoms with Crippen LogP contribution in [-0.4, -0.2) is 27.5 Å². The lowest BCUT2D eigenvalue weighted by Gasteiger charge is -2.11. The highest BCUT2D eigenvalue weighted by Crippen LogP contribution is 2.33. The molecule has 4 rings (SSSR count). The van der Waals surface area contributed by atoms with E-state index in [4.69, 9.17) is 4.74 Å². The zero-order valence-corrected chi connectivity index (χ0v) is 15.8. The van der Waals surface area contributed by atoms with Gasteiger partial charge in [-0.25, -0.2) is 9.78 Å². The maximum absolute atomic E-state index is 13.5. The molecule has 0 aromatic carbocycles. The van der Waals surface area contributed by atoms with E-state index >= 15 is 0 Å². The molecule has 0 amide bonds. The van der Waals surface area contributed by atoms with E-state index in [9.17, 15) is 9.18 Å². The van der Waals surface area contributed by atoms with Crippen molar-refractivity contribution >= 4 is 17.0 Å². The molecule has 138 valence electrons. The Balaban J connectivity index is 0.000000570. The van der Waals surface area contributed by atoms with Gasteiger partial charge < -0.3 is 9.72 Å². The minimum Gasteiger partial charge on any atom is -0.462 e. The lowest BCUT2D eigenvalue weighted by molar-refractivity contribution is 0.0478. The molecular formula is C20H24FN3O2. The minimum atomic E-state index is -0.560. The largest absolute Gasteiger partial charge is 0.462 e. The molecule has 3 aromatic heterocycles. The molecule has 0 radical (unpaired) electrons. The van der Waals surface area contributed by atoms with Crippen molar-refractivity contribution in [2.24, 2.45) is 0 Å². The van der Waals surface area contributed by atoms with E-state index in [1.807, 2.05) is 34.6 Å². The smallest absolute Gasteiger partial charge is 0.340 e. The third-order valence-electron chi connectivity index (χ3n) is 3.94. The van der Waals surface area contributed by atoms with Crippen LogP contribution in [-0.2, 0) is 11.2 Å². The Morgan fingerprint density at radius 3 is 2.58 bits per heavy atom. The molecule has 5 nitrogen and oxygen atoms in total. The van der Waals surface area contributed by atoms with Gasteiger partial charge >= 0.3 is 5.97 Å². The molecule has 3 aromatic rings. The van der Waals surface area contributed by atoms with E-state index in [2.05, 4.69) is 15.0 Å². The molecule has 6 heteroatoms. The normalized spacial score (nSPS) is 12.3. The van der Waals surface area contributed by atoms with Gasteiger partial charge in [0.2, 0.25) is 5.95 Å². The quantitative estimate of drug-likeness (QED) is 0.500. The molecule has 0 unspecified atom stereocenters. The van der Waals surface area contributed by atoms with Gasteiger partial charge in [0.25, 0.3) is 0 Å². The summed E-state index contributed by atoms with van der Waals surface area (Å²) >= 11 is 0. The minimum absolute atomic E-state index is 0.321. The van der Waals surface area contributed by atoms with Gasteiger partial charge in [0, 0.05) is 23.9 Å². The number of aromatic amines is 1. The number of esters is 1. The predicted octanol–water partition coefficient (Wildman–Crippen LogP) is 4.84. The van der Waals surface area contributed by atoms with E-state index in [0.29, 0.717) is 29.6 Å². The van der Waals surface area contributed by atoms with Crippen molar-refractivity contribution in [1.82, 2.24) is 15.0 Å². The van der Waals surface area contributed by atoms with Crippen molar-refractivity contribution in [2.45, 2.75) is 41.0 Å². The molecule has 1 aliphatic rings. The number of ether oxygens (including phenoxy) is 1. The highest BCUT2D eigenvalue weighted by Gasteiger charge is 2.26. The first-order chi connectivity index (χ1) is 12.6. The van der Waals surface area contributed by atoms with Crippen LogP contribution in [0.3, 0.4) is 0 Å². The molecule has 1 aliphatic heterocycles. The summed E-state index contributed by atoms with van der Waals surface area (Å²) in [6.45, 7) is 10.2. The van der Waals surface area contributed by atoms with Gasteiger partial charge in [0.15, 0.2) is 0 Å². The van der Waals surface area contributed by atoms with Crippen LogP contribution in [0.15, 0.2) is 24.4 Å². The SMILES string of the molecule is CC.CC.Cc1c(-c2ccnc3ccc(F)nc23)[nH]c2c1C(=O)OCC2. The zero-order valence-electron chi connectivity index (χ0n) is 15.8. The Morgan fingerprint density at radius 2 is 1.88 bits per heavy atom. The number of nitrogens with one attached hydrogen (secondary N) is 1. The van der Waals surface area contributed by atoms with Crippen molar-refractivity contribution in [3.05, 3.63) is 47.2 Å². The Hall–Kier alpha value is -2.76. The number of carbonyl (C=O) groups excluding carboxylic acids is 1. The van der Waals surface area contributed by atoms with E-state index < -0.39 is 5.95 Å². The fourth-order valence-corrected chi connectivity index (χ4v) is 2.91. The number of H-pyrrole nitrogens is 1. The Bertz CT molecular complexity index is 919. The van der Waals surface area contributed by atoms with E-state index in [0.717, 1.165) is 22.5 Å². The molecular weight excluding hydrogens is 333 g/mol. The van der Waals surface area contributed by atoms with Gasteiger partial charge in [0.1, 0.15) is 5.52 Å². The Kier molecular flexibility index (Phi) is 6.44. The van der Waals surface area contributed by atoms with Crippen LogP contribution < -0.4 is 0 Å². The number of fused-ring (bicyclic) bond motifs is 2. The number of hydrogen-bond donors (Lipinski definition) is 1. The Morgan fingerprint density at radius 1 is 1.15 bits per heavy atom. The first kappa shape index (κ1) is 19.6. The van der Waals surface area contributed by atoms with Crippen LogP contribution in [0, 0.1) is 12.9 Å². The lowest BCUT2D eigenvalue weighted by Crippen LogP contribution is -2.17. The number of halogens is 1. The highest BCUT2D eigenvalue weighted by atomic mass is 19.1. The summed E-state index contributed by atoms with van der Waals surface area (Å²) in [5, 5.41) is 0. The second kappa shape index (κ2) is 8.56. The van der Waals surface area contributed by atoms with Gasteiger partial charge in [0.05, 0.1) is 23.4 Å². The van der Waals surface area contributed by atoms with Crippen molar-refractivity contribution in [3.63, 3.8) is 0 Å². The Labute approximate surface area is 152 Å². The molecule has 1 N–H and O–H groups in total. The number of hydrogen-bond acceptors (Lipinski definition) is 4. The lowest BCUT2D eigenvalue weighted by atomic mass is 10.0. The highest BCUT2D eigenvalue weighted by molar-refractivity contribution is 5.98. The second-order valence-electron chi connectivity index (χ2n) is 5.22. The summed E-state index contributed by atoms with van der Waals surface area (Å²) in [5.74, 6) is -0.881. The molecule has 26 heavy (non-hydrogen) atoms. The van der Waals surface area contributed by atoms with Crippen LogP contribution in [0.25, 0.3) is 22.3 Å². The molecule has 4 heterocycles. The van der Waals surface area contributed by atoms with Crippen molar-refractivity contribution in [2.75, 3.05) is 6.61 Å². The number of rotatable bonds is 1. The standard InChI is InChI=1S/C16H12FN3O2.2C2H6/c1-8-13-10(5-7-22-16(13)21)19-14(8)9-4-6-18-11-2-3-12(17)20-15(9)11;2*1-2/h2-4,6,19H,5,7H2,1H3;2*1-2H3. The number of nitrogens with zero attached hydrogens (tertiary/aromatic N) is 2. The van der Waals surface area contributed by atoms with Gasteiger partial charge in [-0.3, -0.25) is 4.98 Å². The predicted molar refractivity (Wildman–Crippen MR) is 101 cm³/mol. The van der Waals surface area contributed by atoms with Crippen molar-refractivity contribution in [3.8, 4) is 11.3 Å². The van der Waals surface area contributed by atoms with E-state index in [1.54, 1.807) is 18.3 Å². The molecule has 0 spiro atoms. The van der Waals surface area contributed by atoms with E-state index in [1.165, 1.54) is 6.07 Å². The average Bonchev–Trinajstić information content (AvgIpc) is 3.02. The number of aromatic nitrogens is 3. The zero-order chi connectivity index (χ0) is 19.3. The van der Waals surface area contributed by atoms with Gasteiger partial charge in [-0.1, -0.05) is 27.7 Å². The van der Waals surface area contributed by atoms with Gasteiger partial charge in [-0.15, -0.1) is 0 Å². The van der Waals surface area contributed by atoms with Crippen LogP contribution in [0.1, 0.15) is 49.3 Å². The first-order valence-electron chi connectivity index (χ1n) is 8.95. The van der Waals surface area contributed by atoms with Crippen LogP contribution >= 0.6 is 0 Å². The summed E-state index contributed by atoms with van der Waals surface area (Å²) in [5.41, 5.74) is 4.77. The molecule has 0 aliphatic carbocycles. The second-order valence-corrected chi connectivity index (χ2v) is 5.22. The number of carbonyl (C=O) groups is 1. The topological polar surface area (TPSA) is 67.9 Å². The third kappa shape index (κ3) is 3.45. The van der Waals surface area contributed by atoms with Gasteiger partial charge in [-0.2, -0.15) is 4.39 Å². The summed E-state index contributed by atoms with van der Waals surface area (Å²) in [7, 11) is 0. The first-order valence-corrected chi connectivity index (χ1v) is 8.95. The monoisotopic (exact) mass is 357 g/mol. The molecule has 0 atom stereocenters. The summed E-state index contributed by atoms with van der Waals surface area (Å²) in [6.07, 6.45) is 2.29. The number of cyclic esters (lactones) is 1. The van der Waals surface area contributed by atoms with Crippen molar-refractivity contribution in [1.29, 1.82) is 0 Å². The molecule has 0 saturated heterocycles. The van der Waals surface area contributed by atoms with Gasteiger partial charge in [-0.05, 0) is 30.7 Å². The maximum atomic E-state index is 13.5.